The van der Waals surface area contributed by atoms with Gasteiger partial charge in [0.15, 0.2) is 0 Å². The van der Waals surface area contributed by atoms with Crippen molar-refractivity contribution < 1.29 is 171 Å². The molecule has 0 aliphatic rings. The van der Waals surface area contributed by atoms with Crippen molar-refractivity contribution in [3.05, 3.63) is 0 Å². The number of nitrogens with zero attached hydrogens (tertiary/aromatic N) is 1. The molecule has 0 unspecified atom stereocenters. The van der Waals surface area contributed by atoms with Gasteiger partial charge < -0.3 is 42.6 Å². The van der Waals surface area contributed by atoms with E-state index in [-0.39, 0.29) is 106 Å². The molecule has 3 N–H and O–H groups in total. The Balaban J connectivity index is -0.0000000430. The average Bonchev–Trinajstić information content (AvgIpc) is 2.16. The summed E-state index contributed by atoms with van der Waals surface area (Å²) in [5.74, 6) is -3.78. The molecule has 0 aliphatic heterocycles. The number of hydrogen-bond donors (Lipinski definition) is 3. The molecular formula is C6H9AlNNa3O18S3. The van der Waals surface area contributed by atoms with Crippen molar-refractivity contribution in [3.8, 4) is 0 Å². The van der Waals surface area contributed by atoms with E-state index < -0.39 is 68.7 Å². The van der Waals surface area contributed by atoms with Crippen LogP contribution in [0.1, 0.15) is 0 Å². The zero-order valence-corrected chi connectivity index (χ0v) is 25.9. The van der Waals surface area contributed by atoms with Gasteiger partial charge in [0.2, 0.25) is 0 Å². The van der Waals surface area contributed by atoms with E-state index in [9.17, 15) is 14.4 Å². The van der Waals surface area contributed by atoms with Crippen molar-refractivity contribution in [2.75, 3.05) is 19.6 Å². The van der Waals surface area contributed by atoms with Gasteiger partial charge >= 0.3 is 124 Å². The molecule has 0 heterocycles. The second-order valence-corrected chi connectivity index (χ2v) is 6.00. The molecule has 0 aromatic heterocycles. The molecule has 0 aromatic rings. The van der Waals surface area contributed by atoms with Crippen LogP contribution in [0.2, 0.25) is 0 Å². The number of carboxylic acids is 3. The van der Waals surface area contributed by atoms with Crippen LogP contribution < -0.4 is 88.7 Å². The second kappa shape index (κ2) is 27.1. The van der Waals surface area contributed by atoms with Crippen LogP contribution >= 0.6 is 0 Å². The quantitative estimate of drug-likeness (QED) is 0.150. The summed E-state index contributed by atoms with van der Waals surface area (Å²) in [6.45, 7) is -1.80. The maximum atomic E-state index is 10.1. The van der Waals surface area contributed by atoms with Crippen LogP contribution in [0.4, 0.5) is 0 Å². The smallest absolute Gasteiger partial charge is 0.759 e. The Hall–Kier alpha value is 1.51. The first kappa shape index (κ1) is 54.4. The SMILES string of the molecule is O=C(O)CN(CC(=O)O)CC(=O)O.O=S(=O)([O-])[O-].O=S(=O)([O-])[O-].O=S(=O)([O-])[O-].[Al+3].[Na+].[Na+].[Na+]. The molecule has 26 heteroatoms. The molecule has 0 amide bonds. The van der Waals surface area contributed by atoms with Crippen LogP contribution in [0.15, 0.2) is 0 Å². The molecular weight excluding hydrogens is 566 g/mol. The summed E-state index contributed by atoms with van der Waals surface area (Å²) in [5.41, 5.74) is 0. The van der Waals surface area contributed by atoms with E-state index in [4.69, 9.17) is 67.9 Å². The maximum absolute atomic E-state index is 10.1. The number of carboxylic acid groups (broad SMARTS) is 3. The van der Waals surface area contributed by atoms with Crippen LogP contribution in [0.3, 0.4) is 0 Å². The maximum Gasteiger partial charge on any atom is 3.00 e. The Labute approximate surface area is 258 Å². The van der Waals surface area contributed by atoms with Crippen molar-refractivity contribution in [2.24, 2.45) is 0 Å². The molecule has 0 rings (SSSR count). The van der Waals surface area contributed by atoms with Crippen LogP contribution in [0.5, 0.6) is 0 Å². The van der Waals surface area contributed by atoms with E-state index >= 15 is 0 Å². The van der Waals surface area contributed by atoms with Crippen LogP contribution in [-0.4, -0.2) is 128 Å². The van der Waals surface area contributed by atoms with Gasteiger partial charge in [0, 0.05) is 31.2 Å². The van der Waals surface area contributed by atoms with Crippen LogP contribution in [0, 0.1) is 0 Å². The summed E-state index contributed by atoms with van der Waals surface area (Å²) in [5, 5.41) is 24.8. The van der Waals surface area contributed by atoms with Gasteiger partial charge in [0.1, 0.15) is 0 Å². The Morgan fingerprint density at radius 3 is 0.688 bits per heavy atom. The number of hydrogen-bond acceptors (Lipinski definition) is 16. The zero-order valence-electron chi connectivity index (χ0n) is 16.3. The predicted molar refractivity (Wildman–Crippen MR) is 76.5 cm³/mol. The molecule has 170 valence electrons. The van der Waals surface area contributed by atoms with Gasteiger partial charge in [-0.3, -0.25) is 44.5 Å². The summed E-state index contributed by atoms with van der Waals surface area (Å²) in [6, 6.07) is 0. The molecule has 0 atom stereocenters. The van der Waals surface area contributed by atoms with Gasteiger partial charge in [0.05, 0.1) is 19.6 Å². The largest absolute Gasteiger partial charge is 3.00 e. The molecule has 0 bridgehead atoms. The molecule has 0 saturated carbocycles. The predicted octanol–water partition coefficient (Wildman–Crippen LogP) is -14.8. The normalized spacial score (nSPS) is 9.47. The van der Waals surface area contributed by atoms with Crippen molar-refractivity contribution in [1.82, 2.24) is 4.90 Å². The summed E-state index contributed by atoms with van der Waals surface area (Å²) in [6.07, 6.45) is 0. The fourth-order valence-electron chi connectivity index (χ4n) is 0.742. The first-order chi connectivity index (χ1) is 11.9. The van der Waals surface area contributed by atoms with E-state index in [0.29, 0.717) is 0 Å². The first-order valence-corrected chi connectivity index (χ1v) is 9.29. The van der Waals surface area contributed by atoms with Crippen molar-refractivity contribution in [3.63, 3.8) is 0 Å². The van der Waals surface area contributed by atoms with Gasteiger partial charge in [-0.2, -0.15) is 0 Å². The first-order valence-electron chi connectivity index (χ1n) is 5.29. The topological polar surface area (TPSA) is 356 Å². The summed E-state index contributed by atoms with van der Waals surface area (Å²) in [7, 11) is -15.5. The summed E-state index contributed by atoms with van der Waals surface area (Å²) >= 11 is 0. The third-order valence-corrected chi connectivity index (χ3v) is 1.08. The molecule has 19 nitrogen and oxygen atoms in total. The van der Waals surface area contributed by atoms with Crippen molar-refractivity contribution in [1.29, 1.82) is 0 Å². The summed E-state index contributed by atoms with van der Waals surface area (Å²) in [4.78, 5) is 31.2. The standard InChI is InChI=1S/C6H9NO6.Al.3Na.3H2O4S/c8-4(9)1-7(2-5(10)11)3-6(12)13;;;;;3*1-5(2,3)4/h1-3H2,(H,8,9)(H,10,11)(H,12,13);;;;;3*(H2,1,2,3,4)/q;+3;3*+1;;;/p-6. The Morgan fingerprint density at radius 1 is 0.531 bits per heavy atom. The molecule has 0 aromatic carbocycles. The van der Waals surface area contributed by atoms with E-state index in [0.717, 1.165) is 4.90 Å². The fraction of sp³-hybridized carbons (Fsp3) is 0.500. The van der Waals surface area contributed by atoms with E-state index in [1.807, 2.05) is 0 Å². The van der Waals surface area contributed by atoms with Gasteiger partial charge in [-0.05, 0) is 0 Å². The van der Waals surface area contributed by atoms with Crippen LogP contribution in [0.25, 0.3) is 0 Å². The van der Waals surface area contributed by atoms with Gasteiger partial charge in [-0.1, -0.05) is 0 Å². The summed E-state index contributed by atoms with van der Waals surface area (Å²) < 4.78 is 102. The molecule has 0 saturated heterocycles. The average molecular weight is 575 g/mol. The number of aliphatic carboxylic acids is 3. The van der Waals surface area contributed by atoms with Gasteiger partial charge in [0.25, 0.3) is 0 Å². The van der Waals surface area contributed by atoms with Crippen molar-refractivity contribution in [2.45, 2.75) is 0 Å². The molecule has 0 fully saturated rings. The number of carbonyl (C=O) groups is 3. The van der Waals surface area contributed by atoms with E-state index in [1.54, 1.807) is 0 Å². The number of rotatable bonds is 6. The molecule has 0 aliphatic carbocycles. The Kier molecular flexibility index (Phi) is 46.1. The van der Waals surface area contributed by atoms with Crippen molar-refractivity contribution >= 4 is 66.5 Å². The minimum Gasteiger partial charge on any atom is -0.759 e. The monoisotopic (exact) mass is 575 g/mol. The molecule has 32 heavy (non-hydrogen) atoms. The second-order valence-electron chi connectivity index (χ2n) is 3.55. The Morgan fingerprint density at radius 2 is 0.625 bits per heavy atom. The third-order valence-electron chi connectivity index (χ3n) is 1.08. The van der Waals surface area contributed by atoms with Gasteiger partial charge in [-0.15, -0.1) is 0 Å². The third kappa shape index (κ3) is 161. The van der Waals surface area contributed by atoms with Crippen LogP contribution in [-0.2, 0) is 45.6 Å². The Bertz CT molecular complexity index is 680. The minimum absolute atomic E-state index is 0. The fourth-order valence-corrected chi connectivity index (χ4v) is 0.742. The minimum atomic E-state index is -5.17. The molecule has 0 radical (unpaired) electrons. The van der Waals surface area contributed by atoms with E-state index in [1.165, 1.54) is 0 Å². The van der Waals surface area contributed by atoms with E-state index in [2.05, 4.69) is 0 Å². The molecule has 0 spiro atoms. The zero-order chi connectivity index (χ0) is 23.9. The van der Waals surface area contributed by atoms with Gasteiger partial charge in [-0.25, -0.2) is 0 Å².